The average molecular weight is 296 g/mol. The number of ether oxygens (including phenoxy) is 1. The molecule has 0 saturated heterocycles. The first kappa shape index (κ1) is 15.1. The molecule has 116 valence electrons. The third-order valence-electron chi connectivity index (χ3n) is 4.83. The maximum atomic E-state index is 11.5. The number of rotatable bonds is 3. The highest BCUT2D eigenvalue weighted by molar-refractivity contribution is 5.87. The molecule has 22 heavy (non-hydrogen) atoms. The van der Waals surface area contributed by atoms with Gasteiger partial charge in [0.2, 0.25) is 0 Å². The minimum atomic E-state index is -0.157. The molecule has 2 heteroatoms. The zero-order valence-corrected chi connectivity index (χ0v) is 13.5. The van der Waals surface area contributed by atoms with Gasteiger partial charge in [0.1, 0.15) is 6.10 Å². The molecule has 0 N–H and O–H groups in total. The van der Waals surface area contributed by atoms with E-state index in [9.17, 15) is 4.79 Å². The van der Waals surface area contributed by atoms with Crippen molar-refractivity contribution < 1.29 is 9.53 Å². The second-order valence-corrected chi connectivity index (χ2v) is 6.25. The smallest absolute Gasteiger partial charge is 0.302 e. The standard InChI is InChI=1S/C20H24O2/c1-3-15-12-13-16-8-4-5-9-17(16)20(15)18-10-6-7-11-19(18)22-14(2)21/h4-5,8-9,12-13,18-19H,3,6-7,10-11H2,1-2H3/t18-,19+/m1/s1. The Bertz CT molecular complexity index is 674. The van der Waals surface area contributed by atoms with Gasteiger partial charge in [-0.3, -0.25) is 4.79 Å². The van der Waals surface area contributed by atoms with Crippen molar-refractivity contribution in [2.24, 2.45) is 0 Å². The Kier molecular flexibility index (Phi) is 4.47. The number of benzene rings is 2. The molecule has 1 saturated carbocycles. The molecule has 0 radical (unpaired) electrons. The Balaban J connectivity index is 2.11. The van der Waals surface area contributed by atoms with Crippen molar-refractivity contribution in [3.8, 4) is 0 Å². The fourth-order valence-corrected chi connectivity index (χ4v) is 3.87. The van der Waals surface area contributed by atoms with Crippen LogP contribution in [-0.2, 0) is 16.0 Å². The lowest BCUT2D eigenvalue weighted by Crippen LogP contribution is -2.28. The summed E-state index contributed by atoms with van der Waals surface area (Å²) in [6, 6.07) is 13.0. The third-order valence-corrected chi connectivity index (χ3v) is 4.83. The first-order valence-corrected chi connectivity index (χ1v) is 8.38. The molecule has 1 aliphatic carbocycles. The van der Waals surface area contributed by atoms with Crippen LogP contribution in [0, 0.1) is 0 Å². The summed E-state index contributed by atoms with van der Waals surface area (Å²) in [4.78, 5) is 11.5. The summed E-state index contributed by atoms with van der Waals surface area (Å²) >= 11 is 0. The summed E-state index contributed by atoms with van der Waals surface area (Å²) in [5.74, 6) is 0.175. The van der Waals surface area contributed by atoms with Crippen molar-refractivity contribution in [2.45, 2.75) is 58.0 Å². The van der Waals surface area contributed by atoms with E-state index in [0.717, 1.165) is 25.7 Å². The summed E-state index contributed by atoms with van der Waals surface area (Å²) in [6.07, 6.45) is 5.51. The van der Waals surface area contributed by atoms with Gasteiger partial charge in [-0.15, -0.1) is 0 Å². The lowest BCUT2D eigenvalue weighted by Gasteiger charge is -2.33. The number of hydrogen-bond donors (Lipinski definition) is 0. The Morgan fingerprint density at radius 2 is 1.91 bits per heavy atom. The predicted molar refractivity (Wildman–Crippen MR) is 90.1 cm³/mol. The molecule has 0 unspecified atom stereocenters. The molecule has 0 bridgehead atoms. The molecule has 1 aliphatic rings. The highest BCUT2D eigenvalue weighted by Crippen LogP contribution is 2.40. The van der Waals surface area contributed by atoms with E-state index in [2.05, 4.69) is 43.3 Å². The highest BCUT2D eigenvalue weighted by Gasteiger charge is 2.31. The number of carbonyl (C=O) groups excluding carboxylic acids is 1. The van der Waals surface area contributed by atoms with E-state index in [0.29, 0.717) is 5.92 Å². The molecule has 0 aliphatic heterocycles. The van der Waals surface area contributed by atoms with Crippen LogP contribution in [0.2, 0.25) is 0 Å². The molecule has 3 rings (SSSR count). The summed E-state index contributed by atoms with van der Waals surface area (Å²) in [6.45, 7) is 3.73. The molecule has 0 heterocycles. The minimum Gasteiger partial charge on any atom is -0.462 e. The molecule has 0 aromatic heterocycles. The lowest BCUT2D eigenvalue weighted by atomic mass is 9.77. The van der Waals surface area contributed by atoms with Gasteiger partial charge in [0.15, 0.2) is 0 Å². The Morgan fingerprint density at radius 1 is 1.14 bits per heavy atom. The Labute approximate surface area is 132 Å². The van der Waals surface area contributed by atoms with Gasteiger partial charge in [-0.2, -0.15) is 0 Å². The summed E-state index contributed by atoms with van der Waals surface area (Å²) < 4.78 is 5.67. The molecule has 0 amide bonds. The second-order valence-electron chi connectivity index (χ2n) is 6.25. The topological polar surface area (TPSA) is 26.3 Å². The number of aryl methyl sites for hydroxylation is 1. The van der Waals surface area contributed by atoms with Gasteiger partial charge in [-0.1, -0.05) is 49.7 Å². The number of carbonyl (C=O) groups is 1. The molecular weight excluding hydrogens is 272 g/mol. The Hall–Kier alpha value is -1.83. The van der Waals surface area contributed by atoms with E-state index >= 15 is 0 Å². The van der Waals surface area contributed by atoms with Gasteiger partial charge in [0.25, 0.3) is 0 Å². The summed E-state index contributed by atoms with van der Waals surface area (Å²) in [5, 5.41) is 2.60. The van der Waals surface area contributed by atoms with Gasteiger partial charge in [-0.25, -0.2) is 0 Å². The first-order valence-electron chi connectivity index (χ1n) is 8.38. The molecule has 2 atom stereocenters. The molecule has 0 spiro atoms. The van der Waals surface area contributed by atoms with Gasteiger partial charge in [0, 0.05) is 12.8 Å². The van der Waals surface area contributed by atoms with Crippen LogP contribution >= 0.6 is 0 Å². The van der Waals surface area contributed by atoms with Crippen LogP contribution in [0.3, 0.4) is 0 Å². The summed E-state index contributed by atoms with van der Waals surface area (Å²) in [7, 11) is 0. The van der Waals surface area contributed by atoms with Crippen molar-refractivity contribution in [1.82, 2.24) is 0 Å². The van der Waals surface area contributed by atoms with E-state index in [1.54, 1.807) is 0 Å². The molecule has 1 fully saturated rings. The first-order chi connectivity index (χ1) is 10.7. The largest absolute Gasteiger partial charge is 0.462 e. The van der Waals surface area contributed by atoms with Gasteiger partial charge >= 0.3 is 5.97 Å². The molecule has 2 aromatic rings. The molecule has 2 nitrogen and oxygen atoms in total. The van der Waals surface area contributed by atoms with E-state index in [1.165, 1.54) is 35.2 Å². The number of esters is 1. The van der Waals surface area contributed by atoms with Crippen LogP contribution in [0.5, 0.6) is 0 Å². The molecular formula is C20H24O2. The van der Waals surface area contributed by atoms with Crippen molar-refractivity contribution in [3.63, 3.8) is 0 Å². The SMILES string of the molecule is CCc1ccc2ccccc2c1[C@@H]1CCCC[C@@H]1OC(C)=O. The molecule has 2 aromatic carbocycles. The average Bonchev–Trinajstić information content (AvgIpc) is 2.54. The fourth-order valence-electron chi connectivity index (χ4n) is 3.87. The van der Waals surface area contributed by atoms with E-state index in [-0.39, 0.29) is 12.1 Å². The maximum Gasteiger partial charge on any atom is 0.302 e. The van der Waals surface area contributed by atoms with E-state index < -0.39 is 0 Å². The maximum absolute atomic E-state index is 11.5. The highest BCUT2D eigenvalue weighted by atomic mass is 16.5. The van der Waals surface area contributed by atoms with Gasteiger partial charge < -0.3 is 4.74 Å². The van der Waals surface area contributed by atoms with Gasteiger partial charge in [-0.05, 0) is 47.6 Å². The lowest BCUT2D eigenvalue weighted by molar-refractivity contribution is -0.148. The van der Waals surface area contributed by atoms with Crippen molar-refractivity contribution in [1.29, 1.82) is 0 Å². The predicted octanol–water partition coefficient (Wildman–Crippen LogP) is 4.99. The van der Waals surface area contributed by atoms with Crippen LogP contribution in [0.1, 0.15) is 56.6 Å². The van der Waals surface area contributed by atoms with Gasteiger partial charge in [0.05, 0.1) is 0 Å². The monoisotopic (exact) mass is 296 g/mol. The van der Waals surface area contributed by atoms with Crippen molar-refractivity contribution in [2.75, 3.05) is 0 Å². The quantitative estimate of drug-likeness (QED) is 0.746. The van der Waals surface area contributed by atoms with E-state index in [1.807, 2.05) is 0 Å². The van der Waals surface area contributed by atoms with Crippen LogP contribution < -0.4 is 0 Å². The normalized spacial score (nSPS) is 21.7. The summed E-state index contributed by atoms with van der Waals surface area (Å²) in [5.41, 5.74) is 2.80. The van der Waals surface area contributed by atoms with E-state index in [4.69, 9.17) is 4.74 Å². The number of fused-ring (bicyclic) bond motifs is 1. The zero-order chi connectivity index (χ0) is 15.5. The number of hydrogen-bond acceptors (Lipinski definition) is 2. The van der Waals surface area contributed by atoms with Crippen molar-refractivity contribution >= 4 is 16.7 Å². The minimum absolute atomic E-state index is 0.0300. The Morgan fingerprint density at radius 3 is 2.68 bits per heavy atom. The van der Waals surface area contributed by atoms with Crippen LogP contribution in [0.25, 0.3) is 10.8 Å². The zero-order valence-electron chi connectivity index (χ0n) is 13.5. The fraction of sp³-hybridized carbons (Fsp3) is 0.450. The van der Waals surface area contributed by atoms with Crippen LogP contribution in [0.4, 0.5) is 0 Å². The van der Waals surface area contributed by atoms with Crippen molar-refractivity contribution in [3.05, 3.63) is 47.5 Å². The third kappa shape index (κ3) is 2.87. The van der Waals surface area contributed by atoms with Crippen LogP contribution in [0.15, 0.2) is 36.4 Å². The second kappa shape index (κ2) is 6.51. The van der Waals surface area contributed by atoms with Crippen LogP contribution in [-0.4, -0.2) is 12.1 Å².